The number of anilines is 1. The topological polar surface area (TPSA) is 134 Å². The highest BCUT2D eigenvalue weighted by Gasteiger charge is 2.24. The molecule has 0 aliphatic rings. The zero-order valence-electron chi connectivity index (χ0n) is 14.9. The molecule has 1 amide bonds. The van der Waals surface area contributed by atoms with Gasteiger partial charge in [0.25, 0.3) is 5.56 Å². The van der Waals surface area contributed by atoms with Crippen LogP contribution in [0.3, 0.4) is 0 Å². The predicted molar refractivity (Wildman–Crippen MR) is 99.1 cm³/mol. The number of sulfonamides is 1. The van der Waals surface area contributed by atoms with Crippen molar-refractivity contribution in [3.8, 4) is 0 Å². The Labute approximate surface area is 154 Å². The van der Waals surface area contributed by atoms with Crippen molar-refractivity contribution in [1.29, 1.82) is 0 Å². The Bertz CT molecular complexity index is 1170. The van der Waals surface area contributed by atoms with Crippen molar-refractivity contribution in [2.24, 2.45) is 0 Å². The Morgan fingerprint density at radius 2 is 1.96 bits per heavy atom. The zero-order valence-corrected chi connectivity index (χ0v) is 15.7. The van der Waals surface area contributed by atoms with Crippen molar-refractivity contribution < 1.29 is 17.7 Å². The number of carbonyl (C=O) groups is 1. The van der Waals surface area contributed by atoms with Crippen molar-refractivity contribution in [3.05, 3.63) is 51.6 Å². The molecule has 3 rings (SSSR count). The van der Waals surface area contributed by atoms with Crippen LogP contribution >= 0.6 is 0 Å². The quantitative estimate of drug-likeness (QED) is 0.602. The molecule has 9 nitrogen and oxygen atoms in total. The Kier molecular flexibility index (Phi) is 4.85. The summed E-state index contributed by atoms with van der Waals surface area (Å²) in [5.74, 6) is -0.409. The van der Waals surface area contributed by atoms with Gasteiger partial charge in [0, 0.05) is 11.3 Å². The molecule has 0 bridgehead atoms. The number of amides is 1. The minimum Gasteiger partial charge on any atom is -0.360 e. The molecule has 0 spiro atoms. The number of nitrogens with zero attached hydrogens (tertiary/aromatic N) is 1. The lowest BCUT2D eigenvalue weighted by Gasteiger charge is -2.08. The van der Waals surface area contributed by atoms with Crippen LogP contribution in [0.5, 0.6) is 0 Å². The summed E-state index contributed by atoms with van der Waals surface area (Å²) in [6.07, 6.45) is 0. The Balaban J connectivity index is 1.72. The molecule has 0 atom stereocenters. The molecule has 0 radical (unpaired) electrons. The highest BCUT2D eigenvalue weighted by Crippen LogP contribution is 2.19. The van der Waals surface area contributed by atoms with Gasteiger partial charge in [-0.1, -0.05) is 11.2 Å². The maximum Gasteiger partial charge on any atom is 0.251 e. The maximum absolute atomic E-state index is 12.3. The van der Waals surface area contributed by atoms with Gasteiger partial charge in [-0.2, -0.15) is 0 Å². The average molecular weight is 390 g/mol. The number of pyridine rings is 1. The summed E-state index contributed by atoms with van der Waals surface area (Å²) in [6, 6.07) is 6.77. The normalized spacial score (nSPS) is 11.7. The van der Waals surface area contributed by atoms with Gasteiger partial charge < -0.3 is 14.8 Å². The minimum absolute atomic E-state index is 0.0750. The third-order valence-electron chi connectivity index (χ3n) is 3.97. The summed E-state index contributed by atoms with van der Waals surface area (Å²) in [5, 5.41) is 7.01. The van der Waals surface area contributed by atoms with E-state index in [9.17, 15) is 18.0 Å². The first-order chi connectivity index (χ1) is 12.7. The van der Waals surface area contributed by atoms with Crippen molar-refractivity contribution in [2.75, 3.05) is 11.9 Å². The highest BCUT2D eigenvalue weighted by atomic mass is 32.2. The van der Waals surface area contributed by atoms with Crippen LogP contribution < -0.4 is 15.6 Å². The third kappa shape index (κ3) is 3.91. The molecule has 0 aliphatic carbocycles. The van der Waals surface area contributed by atoms with E-state index < -0.39 is 22.5 Å². The van der Waals surface area contributed by atoms with E-state index >= 15 is 0 Å². The van der Waals surface area contributed by atoms with Crippen LogP contribution in [0, 0.1) is 20.8 Å². The molecular formula is C17H18N4O5S. The summed E-state index contributed by atoms with van der Waals surface area (Å²) >= 11 is 0. The number of rotatable bonds is 5. The number of nitrogens with one attached hydrogen (secondary N) is 3. The zero-order chi connectivity index (χ0) is 19.8. The second-order valence-electron chi connectivity index (χ2n) is 6.11. The first kappa shape index (κ1) is 18.8. The lowest BCUT2D eigenvalue weighted by molar-refractivity contribution is -0.115. The second kappa shape index (κ2) is 6.97. The van der Waals surface area contributed by atoms with Crippen LogP contribution in [0.2, 0.25) is 0 Å². The number of carbonyl (C=O) groups excluding carboxylic acids is 1. The first-order valence-corrected chi connectivity index (χ1v) is 9.52. The van der Waals surface area contributed by atoms with E-state index in [0.717, 1.165) is 5.39 Å². The molecule has 0 fully saturated rings. The van der Waals surface area contributed by atoms with E-state index in [1.54, 1.807) is 31.2 Å². The van der Waals surface area contributed by atoms with Crippen molar-refractivity contribution in [2.45, 2.75) is 25.7 Å². The summed E-state index contributed by atoms with van der Waals surface area (Å²) in [6.45, 7) is 4.22. The summed E-state index contributed by atoms with van der Waals surface area (Å²) < 4.78 is 31.7. The summed E-state index contributed by atoms with van der Waals surface area (Å²) in [4.78, 5) is 26.5. The predicted octanol–water partition coefficient (Wildman–Crippen LogP) is 1.36. The van der Waals surface area contributed by atoms with Crippen LogP contribution in [-0.2, 0) is 14.8 Å². The van der Waals surface area contributed by atoms with Crippen LogP contribution in [0.4, 0.5) is 5.69 Å². The standard InChI is InChI=1S/C17H18N4O5S/c1-9-6-12-4-5-13(7-14(12)20-17(9)23)19-15(22)8-18-27(24,25)16-10(2)21-26-11(16)3/h4-7,18H,8H2,1-3H3,(H,19,22)(H,20,23). The van der Waals surface area contributed by atoms with Crippen molar-refractivity contribution >= 4 is 32.5 Å². The van der Waals surface area contributed by atoms with Gasteiger partial charge >= 0.3 is 0 Å². The van der Waals surface area contributed by atoms with Gasteiger partial charge in [0.05, 0.1) is 12.1 Å². The lowest BCUT2D eigenvalue weighted by atomic mass is 10.1. The third-order valence-corrected chi connectivity index (χ3v) is 5.62. The fraction of sp³-hybridized carbons (Fsp3) is 0.235. The van der Waals surface area contributed by atoms with E-state index in [-0.39, 0.29) is 21.9 Å². The molecule has 1 aromatic carbocycles. The van der Waals surface area contributed by atoms with Crippen LogP contribution in [0.1, 0.15) is 17.0 Å². The molecule has 0 unspecified atom stereocenters. The smallest absolute Gasteiger partial charge is 0.251 e. The number of benzene rings is 1. The van der Waals surface area contributed by atoms with E-state index in [1.807, 2.05) is 0 Å². The number of aryl methyl sites for hydroxylation is 3. The molecule has 0 saturated heterocycles. The summed E-state index contributed by atoms with van der Waals surface area (Å²) in [5.41, 5.74) is 1.60. The SMILES string of the molecule is Cc1noc(C)c1S(=O)(=O)NCC(=O)Nc1ccc2cc(C)c(=O)[nH]c2c1. The Hall–Kier alpha value is -2.98. The number of hydrogen-bond acceptors (Lipinski definition) is 6. The van der Waals surface area contributed by atoms with Crippen molar-refractivity contribution in [3.63, 3.8) is 0 Å². The van der Waals surface area contributed by atoms with Gasteiger partial charge in [-0.3, -0.25) is 9.59 Å². The number of aromatic nitrogens is 2. The maximum atomic E-state index is 12.3. The van der Waals surface area contributed by atoms with Crippen molar-refractivity contribution in [1.82, 2.24) is 14.9 Å². The number of aromatic amines is 1. The molecule has 3 aromatic rings. The fourth-order valence-corrected chi connectivity index (χ4v) is 3.99. The molecule has 142 valence electrons. The minimum atomic E-state index is -3.93. The Morgan fingerprint density at radius 1 is 1.22 bits per heavy atom. The average Bonchev–Trinajstić information content (AvgIpc) is 2.94. The van der Waals surface area contributed by atoms with Crippen LogP contribution in [0.25, 0.3) is 10.9 Å². The molecule has 27 heavy (non-hydrogen) atoms. The Morgan fingerprint density at radius 3 is 2.63 bits per heavy atom. The van der Waals surface area contributed by atoms with E-state index in [4.69, 9.17) is 4.52 Å². The second-order valence-corrected chi connectivity index (χ2v) is 7.81. The lowest BCUT2D eigenvalue weighted by Crippen LogP contribution is -2.33. The van der Waals surface area contributed by atoms with Crippen LogP contribution in [-0.4, -0.2) is 31.0 Å². The number of hydrogen-bond donors (Lipinski definition) is 3. The molecule has 2 aromatic heterocycles. The molecule has 0 aliphatic heterocycles. The van der Waals surface area contributed by atoms with Gasteiger partial charge in [0.2, 0.25) is 15.9 Å². The molecule has 3 N–H and O–H groups in total. The van der Waals surface area contributed by atoms with Gasteiger partial charge in [-0.15, -0.1) is 0 Å². The van der Waals surface area contributed by atoms with Gasteiger partial charge in [-0.05, 0) is 44.4 Å². The van der Waals surface area contributed by atoms with Crippen LogP contribution in [0.15, 0.2) is 38.5 Å². The van der Waals surface area contributed by atoms with Gasteiger partial charge in [0.1, 0.15) is 10.6 Å². The monoisotopic (exact) mass is 390 g/mol. The van der Waals surface area contributed by atoms with E-state index in [0.29, 0.717) is 16.8 Å². The number of H-pyrrole nitrogens is 1. The first-order valence-electron chi connectivity index (χ1n) is 8.03. The molecule has 0 saturated carbocycles. The molecule has 2 heterocycles. The largest absolute Gasteiger partial charge is 0.360 e. The fourth-order valence-electron chi connectivity index (χ4n) is 2.68. The highest BCUT2D eigenvalue weighted by molar-refractivity contribution is 7.89. The number of fused-ring (bicyclic) bond motifs is 1. The van der Waals surface area contributed by atoms with Gasteiger partial charge in [0.15, 0.2) is 5.76 Å². The van der Waals surface area contributed by atoms with E-state index in [2.05, 4.69) is 20.2 Å². The summed E-state index contributed by atoms with van der Waals surface area (Å²) in [7, 11) is -3.93. The molecule has 10 heteroatoms. The van der Waals surface area contributed by atoms with Gasteiger partial charge in [-0.25, -0.2) is 13.1 Å². The van der Waals surface area contributed by atoms with E-state index in [1.165, 1.54) is 13.8 Å². The molecular weight excluding hydrogens is 372 g/mol.